The molecule has 0 unspecified atom stereocenters. The molecule has 0 heterocycles. The van der Waals surface area contributed by atoms with Gasteiger partial charge < -0.3 is 42.0 Å². The van der Waals surface area contributed by atoms with Gasteiger partial charge in [-0.1, -0.05) is 48.5 Å². The first kappa shape index (κ1) is 55.3. The summed E-state index contributed by atoms with van der Waals surface area (Å²) in [4.78, 5) is 0. The molecule has 0 radical (unpaired) electrons. The first-order valence-corrected chi connectivity index (χ1v) is 27.1. The molecule has 0 saturated heterocycles. The van der Waals surface area contributed by atoms with Gasteiger partial charge in [0.15, 0.2) is 46.0 Å². The Morgan fingerprint density at radius 2 is 0.403 bits per heavy atom. The van der Waals surface area contributed by atoms with Crippen LogP contribution in [-0.4, -0.2) is 62.9 Å². The molecule has 0 N–H and O–H groups in total. The Labute approximate surface area is 409 Å². The van der Waals surface area contributed by atoms with Crippen LogP contribution in [0.2, 0.25) is 0 Å². The van der Waals surface area contributed by atoms with E-state index in [9.17, 15) is 0 Å². The van der Waals surface area contributed by atoms with E-state index in [1.807, 2.05) is 132 Å². The van der Waals surface area contributed by atoms with Crippen molar-refractivity contribution in [2.75, 3.05) is 0 Å². The van der Waals surface area contributed by atoms with Crippen LogP contribution in [0.3, 0.4) is 0 Å². The molecule has 4 rings (SSSR count). The van der Waals surface area contributed by atoms with Crippen molar-refractivity contribution in [1.82, 2.24) is 0 Å². The van der Waals surface area contributed by atoms with Crippen LogP contribution in [0.15, 0.2) is 72.8 Å². The lowest BCUT2D eigenvalue weighted by atomic mass is 10.1. The Morgan fingerprint density at radius 1 is 0.239 bits per heavy atom. The van der Waals surface area contributed by atoms with Gasteiger partial charge in [0.2, 0.25) is 18.1 Å². The second-order valence-electron chi connectivity index (χ2n) is 25.3. The minimum absolute atomic E-state index is 0.538. The lowest BCUT2D eigenvalue weighted by Gasteiger charge is -2.35. The highest BCUT2D eigenvalue weighted by Gasteiger charge is 2.40. The number of benzene rings is 4. The number of hydrogen-bond acceptors (Lipinski definition) is 9. The molecular formula is C56H86O9Si2. The lowest BCUT2D eigenvalue weighted by molar-refractivity contribution is 0.0961. The van der Waals surface area contributed by atoms with Crippen molar-refractivity contribution in [2.45, 2.75) is 211 Å². The van der Waals surface area contributed by atoms with Crippen LogP contribution in [0.4, 0.5) is 0 Å². The smallest absolute Gasteiger partial charge is 0.236 e. The molecule has 9 nitrogen and oxygen atoms in total. The summed E-state index contributed by atoms with van der Waals surface area (Å²) in [6.07, 6.45) is 0. The van der Waals surface area contributed by atoms with Gasteiger partial charge in [-0.2, -0.15) is 0 Å². The molecule has 4 aromatic carbocycles. The number of rotatable bonds is 14. The molecular weight excluding hydrogens is 873 g/mol. The van der Waals surface area contributed by atoms with E-state index in [1.54, 1.807) is 0 Å². The molecule has 0 fully saturated rings. The van der Waals surface area contributed by atoms with Gasteiger partial charge in [-0.25, -0.2) is 0 Å². The van der Waals surface area contributed by atoms with E-state index < -0.39 is 62.9 Å². The second-order valence-corrected chi connectivity index (χ2v) is 30.4. The fourth-order valence-electron chi connectivity index (χ4n) is 7.02. The Hall–Kier alpha value is -4.33. The van der Waals surface area contributed by atoms with Gasteiger partial charge in [0, 0.05) is 20.7 Å². The summed E-state index contributed by atoms with van der Waals surface area (Å²) in [6.45, 7) is 49.2. The van der Waals surface area contributed by atoms with Gasteiger partial charge in [-0.3, -0.25) is 0 Å². The summed E-state index contributed by atoms with van der Waals surface area (Å²) >= 11 is 0. The molecule has 0 aliphatic heterocycles. The normalized spacial score (nSPS) is 13.4. The van der Waals surface area contributed by atoms with Gasteiger partial charge in [-0.15, -0.1) is 0 Å². The minimum Gasteiger partial charge on any atom is -0.484 e. The van der Waals surface area contributed by atoms with E-state index in [4.69, 9.17) is 42.0 Å². The largest absolute Gasteiger partial charge is 0.484 e. The van der Waals surface area contributed by atoms with Crippen LogP contribution in [0.5, 0.6) is 46.0 Å². The number of hydrogen-bond donors (Lipinski definition) is 0. The first-order chi connectivity index (χ1) is 30.2. The van der Waals surface area contributed by atoms with Crippen molar-refractivity contribution in [3.05, 3.63) is 72.8 Å². The molecule has 4 aromatic rings. The predicted octanol–water partition coefficient (Wildman–Crippen LogP) is 11.5. The zero-order chi connectivity index (χ0) is 50.9. The fourth-order valence-corrected chi connectivity index (χ4v) is 14.0. The van der Waals surface area contributed by atoms with E-state index in [0.717, 1.165) is 20.7 Å². The Kier molecular flexibility index (Phi) is 16.5. The Bertz CT molecular complexity index is 1960. The van der Waals surface area contributed by atoms with Crippen molar-refractivity contribution in [1.29, 1.82) is 0 Å². The molecule has 0 aromatic heterocycles. The van der Waals surface area contributed by atoms with Crippen molar-refractivity contribution >= 4 is 38.8 Å². The van der Waals surface area contributed by atoms with Gasteiger partial charge in [0.05, 0.1) is 0 Å². The zero-order valence-electron chi connectivity index (χ0n) is 45.8. The van der Waals surface area contributed by atoms with Gasteiger partial charge in [-0.05, 0) is 190 Å². The quantitative estimate of drug-likeness (QED) is 0.115. The third kappa shape index (κ3) is 17.6. The monoisotopic (exact) mass is 959 g/mol. The maximum absolute atomic E-state index is 8.29. The average Bonchev–Trinajstić information content (AvgIpc) is 3.08. The van der Waals surface area contributed by atoms with E-state index >= 15 is 0 Å². The van der Waals surface area contributed by atoms with E-state index in [1.165, 1.54) is 0 Å². The van der Waals surface area contributed by atoms with E-state index in [-0.39, 0.29) is 0 Å². The van der Waals surface area contributed by atoms with E-state index in [2.05, 4.69) is 107 Å². The van der Waals surface area contributed by atoms with Crippen LogP contribution in [0, 0.1) is 0 Å². The van der Waals surface area contributed by atoms with Crippen LogP contribution >= 0.6 is 0 Å². The zero-order valence-corrected chi connectivity index (χ0v) is 48.1. The summed E-state index contributed by atoms with van der Waals surface area (Å²) in [5.74, 6) is 4.94. The highest BCUT2D eigenvalue weighted by Crippen LogP contribution is 2.38. The van der Waals surface area contributed by atoms with Crippen LogP contribution in [0.1, 0.15) is 166 Å². The maximum Gasteiger partial charge on any atom is 0.236 e. The molecule has 0 spiro atoms. The van der Waals surface area contributed by atoms with Crippen molar-refractivity contribution in [3.63, 3.8) is 0 Å². The molecule has 0 amide bonds. The summed E-state index contributed by atoms with van der Waals surface area (Å²) in [5, 5.41) is 3.51. The van der Waals surface area contributed by atoms with E-state index in [0.29, 0.717) is 46.0 Å². The summed E-state index contributed by atoms with van der Waals surface area (Å²) in [6, 6.07) is 24.5. The number of ether oxygens (including phenoxy) is 8. The Morgan fingerprint density at radius 3 is 0.552 bits per heavy atom. The molecule has 67 heavy (non-hydrogen) atoms. The standard InChI is InChI=1S/C56H86O9Si2/c1-49(2,3)57-37-29-25-33-41(45(37)61-53(13,14)15)66(42-34-26-30-38(58-50(4,5)6)46(42)62-54(16,17)18)65-67(43-35-27-31-39(59-51(7,8)9)47(43)63-55(19,20)21)44-36-28-32-40(60-52(10,11)12)48(44)64-56(22,23)24/h25-36,66-67H,1-24H3. The van der Waals surface area contributed by atoms with Crippen molar-refractivity contribution in [3.8, 4) is 46.0 Å². The molecule has 0 bridgehead atoms. The average molecular weight is 959 g/mol. The Balaban J connectivity index is 2.35. The lowest BCUT2D eigenvalue weighted by Crippen LogP contribution is -2.57. The third-order valence-electron chi connectivity index (χ3n) is 8.74. The molecule has 0 aliphatic carbocycles. The van der Waals surface area contributed by atoms with Crippen LogP contribution in [0.25, 0.3) is 0 Å². The topological polar surface area (TPSA) is 83.1 Å². The van der Waals surface area contributed by atoms with Crippen molar-refractivity contribution < 1.29 is 42.0 Å². The predicted molar refractivity (Wildman–Crippen MR) is 283 cm³/mol. The number of para-hydroxylation sites is 4. The van der Waals surface area contributed by atoms with Crippen LogP contribution in [-0.2, 0) is 4.12 Å². The molecule has 372 valence electrons. The third-order valence-corrected chi connectivity index (χ3v) is 15.0. The summed E-state index contributed by atoms with van der Waals surface area (Å²) in [7, 11) is -6.20. The molecule has 0 atom stereocenters. The van der Waals surface area contributed by atoms with Gasteiger partial charge in [0.1, 0.15) is 44.8 Å². The van der Waals surface area contributed by atoms with Crippen molar-refractivity contribution in [2.24, 2.45) is 0 Å². The highest BCUT2D eigenvalue weighted by atomic mass is 28.4. The fraction of sp³-hybridized carbons (Fsp3) is 0.571. The van der Waals surface area contributed by atoms with Crippen LogP contribution < -0.4 is 58.6 Å². The minimum atomic E-state index is -3.10. The SMILES string of the molecule is CC(C)(C)Oc1cccc([SiH](O[SiH](c2cccc(OC(C)(C)C)c2OC(C)(C)C)c2cccc(OC(C)(C)C)c2OC(C)(C)C)c2cccc(OC(C)(C)C)c2OC(C)(C)C)c1OC(C)(C)C. The van der Waals surface area contributed by atoms with Gasteiger partial charge in [0.25, 0.3) is 0 Å². The highest BCUT2D eigenvalue weighted by molar-refractivity contribution is 6.93. The first-order valence-electron chi connectivity index (χ1n) is 23.9. The molecule has 0 aliphatic rings. The summed E-state index contributed by atoms with van der Waals surface area (Å²) in [5.41, 5.74) is -4.58. The summed E-state index contributed by atoms with van der Waals surface area (Å²) < 4.78 is 63.7. The van der Waals surface area contributed by atoms with Gasteiger partial charge >= 0.3 is 0 Å². The second kappa shape index (κ2) is 20.0. The maximum atomic E-state index is 8.29. The molecule has 11 heteroatoms. The molecule has 0 saturated carbocycles.